The second kappa shape index (κ2) is 5.32. The smallest absolute Gasteiger partial charge is 0.353 e. The Morgan fingerprint density at radius 3 is 2.92 bits per heavy atom. The summed E-state index contributed by atoms with van der Waals surface area (Å²) in [6.45, 7) is 4.99. The number of thioether (sulfide) groups is 1. The average molecular weight is 351 g/mol. The number of rotatable bonds is 4. The highest BCUT2D eigenvalue weighted by molar-refractivity contribution is 8.03. The summed E-state index contributed by atoms with van der Waals surface area (Å²) in [5.41, 5.74) is 0.0916. The van der Waals surface area contributed by atoms with Gasteiger partial charge >= 0.3 is 5.97 Å². The van der Waals surface area contributed by atoms with E-state index in [1.165, 1.54) is 16.7 Å². The van der Waals surface area contributed by atoms with Crippen LogP contribution in [0.25, 0.3) is 0 Å². The third-order valence-corrected chi connectivity index (χ3v) is 6.55. The highest BCUT2D eigenvalue weighted by Crippen LogP contribution is 2.51. The second-order valence-corrected chi connectivity index (χ2v) is 7.94. The summed E-state index contributed by atoms with van der Waals surface area (Å²) in [6, 6.07) is -0.253. The number of carbonyl (C=O) groups excluding carboxylic acids is 1. The lowest BCUT2D eigenvalue weighted by Gasteiger charge is -2.46. The lowest BCUT2D eigenvalue weighted by molar-refractivity contribution is -0.761. The van der Waals surface area contributed by atoms with Gasteiger partial charge in [-0.2, -0.15) is 4.68 Å². The highest BCUT2D eigenvalue weighted by atomic mass is 32.2. The number of aliphatic hydroxyl groups excluding tert-OH is 1. The molecule has 0 bridgehead atoms. The molecule has 1 fully saturated rings. The predicted octanol–water partition coefficient (Wildman–Crippen LogP) is -0.560. The fourth-order valence-corrected chi connectivity index (χ4v) is 5.46. The molecule has 5 atom stereocenters. The maximum Gasteiger partial charge on any atom is 0.353 e. The van der Waals surface area contributed by atoms with E-state index in [9.17, 15) is 19.8 Å². The van der Waals surface area contributed by atoms with Gasteiger partial charge in [-0.05, 0) is 11.7 Å². The third-order valence-electron chi connectivity index (χ3n) is 5.10. The van der Waals surface area contributed by atoms with Gasteiger partial charge in [0, 0.05) is 15.9 Å². The standard InChI is InChI=1S/C15H18N4O4S/c1-7-11-10(8(2)20)14(21)19(11)12(15(22)23)13(7)24-9-5-17-4-3-16-18(17)6-9/h3-4,7-11,20H,5-6H2,1-2H3/p+1. The van der Waals surface area contributed by atoms with Gasteiger partial charge in [-0.3, -0.25) is 4.79 Å². The molecule has 1 aromatic rings. The topological polar surface area (TPSA) is 99.5 Å². The van der Waals surface area contributed by atoms with E-state index in [1.54, 1.807) is 13.1 Å². The maximum atomic E-state index is 12.3. The van der Waals surface area contributed by atoms with E-state index in [0.717, 1.165) is 11.4 Å². The molecule has 3 aliphatic rings. The number of aliphatic carboxylic acids is 1. The summed E-state index contributed by atoms with van der Waals surface area (Å²) in [4.78, 5) is 28.0. The molecule has 0 saturated carbocycles. The van der Waals surface area contributed by atoms with Crippen molar-refractivity contribution in [2.45, 2.75) is 44.3 Å². The zero-order valence-corrected chi connectivity index (χ0v) is 14.2. The first-order chi connectivity index (χ1) is 11.4. The van der Waals surface area contributed by atoms with Crippen LogP contribution >= 0.6 is 11.8 Å². The number of hydrogen-bond acceptors (Lipinski definition) is 5. The first-order valence-electron chi connectivity index (χ1n) is 7.97. The molecule has 3 aliphatic heterocycles. The van der Waals surface area contributed by atoms with Crippen molar-refractivity contribution in [1.29, 1.82) is 0 Å². The molecule has 9 heteroatoms. The number of fused-ring (bicyclic) bond motifs is 2. The molecule has 0 spiro atoms. The van der Waals surface area contributed by atoms with Gasteiger partial charge in [0.05, 0.1) is 23.3 Å². The minimum absolute atomic E-state index is 0.0867. The van der Waals surface area contributed by atoms with Crippen LogP contribution < -0.4 is 4.68 Å². The third kappa shape index (κ3) is 2.04. The first kappa shape index (κ1) is 15.6. The molecule has 24 heavy (non-hydrogen) atoms. The summed E-state index contributed by atoms with van der Waals surface area (Å²) in [7, 11) is 0. The van der Waals surface area contributed by atoms with Gasteiger partial charge in [-0.15, -0.1) is 11.8 Å². The van der Waals surface area contributed by atoms with Crippen LogP contribution in [-0.4, -0.2) is 54.3 Å². The van der Waals surface area contributed by atoms with E-state index in [2.05, 4.69) is 5.10 Å². The molecule has 0 radical (unpaired) electrons. The molecule has 0 aromatic carbocycles. The SMILES string of the molecule is CC(O)C1C(=O)N2C(C(=O)O)=C(SC3Cn4ncc[n+]4C3)C(C)C12. The van der Waals surface area contributed by atoms with Gasteiger partial charge < -0.3 is 15.1 Å². The molecule has 1 saturated heterocycles. The Morgan fingerprint density at radius 2 is 2.29 bits per heavy atom. The Labute approximate surface area is 142 Å². The fraction of sp³-hybridized carbons (Fsp3) is 0.600. The molecule has 0 aliphatic carbocycles. The van der Waals surface area contributed by atoms with Gasteiger partial charge in [0.15, 0.2) is 6.20 Å². The highest BCUT2D eigenvalue weighted by Gasteiger charge is 2.60. The normalized spacial score (nSPS) is 32.6. The van der Waals surface area contributed by atoms with E-state index in [-0.39, 0.29) is 28.8 Å². The molecule has 4 heterocycles. The van der Waals surface area contributed by atoms with Crippen molar-refractivity contribution >= 4 is 23.6 Å². The van der Waals surface area contributed by atoms with Crippen molar-refractivity contribution in [2.75, 3.05) is 0 Å². The minimum Gasteiger partial charge on any atom is -0.477 e. The number of amides is 1. The van der Waals surface area contributed by atoms with Gasteiger partial charge in [0.2, 0.25) is 12.1 Å². The molecule has 8 nitrogen and oxygen atoms in total. The largest absolute Gasteiger partial charge is 0.477 e. The van der Waals surface area contributed by atoms with Crippen LogP contribution in [0.1, 0.15) is 13.8 Å². The number of carboxylic acids is 1. The van der Waals surface area contributed by atoms with Crippen molar-refractivity contribution in [1.82, 2.24) is 14.8 Å². The Hall–Kier alpha value is -1.87. The lowest BCUT2D eigenvalue weighted by atomic mass is 9.79. The lowest BCUT2D eigenvalue weighted by Crippen LogP contribution is -2.63. The summed E-state index contributed by atoms with van der Waals surface area (Å²) >= 11 is 1.53. The Kier molecular flexibility index (Phi) is 3.47. The van der Waals surface area contributed by atoms with Crippen LogP contribution in [0.2, 0.25) is 0 Å². The molecule has 1 aromatic heterocycles. The Balaban J connectivity index is 1.61. The molecule has 4 rings (SSSR count). The van der Waals surface area contributed by atoms with E-state index in [4.69, 9.17) is 0 Å². The van der Waals surface area contributed by atoms with Crippen molar-refractivity contribution in [3.8, 4) is 0 Å². The molecule has 2 N–H and O–H groups in total. The van der Waals surface area contributed by atoms with Crippen molar-refractivity contribution in [3.05, 3.63) is 23.0 Å². The average Bonchev–Trinajstić information content (AvgIpc) is 3.12. The molecular weight excluding hydrogens is 332 g/mol. The van der Waals surface area contributed by atoms with Crippen LogP contribution in [0.3, 0.4) is 0 Å². The molecule has 5 unspecified atom stereocenters. The van der Waals surface area contributed by atoms with Gasteiger partial charge in [-0.25, -0.2) is 4.79 Å². The number of hydrogen-bond donors (Lipinski definition) is 2. The summed E-state index contributed by atoms with van der Waals surface area (Å²) in [6.07, 6.45) is 2.86. The van der Waals surface area contributed by atoms with Crippen molar-refractivity contribution < 1.29 is 24.5 Å². The summed E-state index contributed by atoms with van der Waals surface area (Å²) in [5.74, 6) is -1.96. The quantitative estimate of drug-likeness (QED) is 0.557. The van der Waals surface area contributed by atoms with E-state index in [0.29, 0.717) is 6.54 Å². The molecule has 128 valence electrons. The van der Waals surface area contributed by atoms with Crippen molar-refractivity contribution in [2.24, 2.45) is 11.8 Å². The van der Waals surface area contributed by atoms with Gasteiger partial charge in [-0.1, -0.05) is 6.92 Å². The fourth-order valence-electron chi connectivity index (χ4n) is 4.02. The van der Waals surface area contributed by atoms with E-state index >= 15 is 0 Å². The van der Waals surface area contributed by atoms with Gasteiger partial charge in [0.25, 0.3) is 0 Å². The van der Waals surface area contributed by atoms with Crippen LogP contribution in [0.15, 0.2) is 23.0 Å². The number of carboxylic acid groups (broad SMARTS) is 1. The Morgan fingerprint density at radius 1 is 1.54 bits per heavy atom. The zero-order chi connectivity index (χ0) is 17.2. The van der Waals surface area contributed by atoms with Crippen LogP contribution in [-0.2, 0) is 22.7 Å². The summed E-state index contributed by atoms with van der Waals surface area (Å²) in [5, 5.41) is 23.9. The number of aliphatic hydroxyl groups is 1. The number of aromatic nitrogens is 3. The Bertz CT molecular complexity index is 738. The molecular formula is C15H19N4O4S+. The van der Waals surface area contributed by atoms with Crippen molar-refractivity contribution in [3.63, 3.8) is 0 Å². The number of carbonyl (C=O) groups is 2. The van der Waals surface area contributed by atoms with E-state index < -0.39 is 18.0 Å². The molecule has 1 amide bonds. The predicted molar refractivity (Wildman–Crippen MR) is 83.4 cm³/mol. The first-order valence-corrected chi connectivity index (χ1v) is 8.85. The minimum atomic E-state index is -1.08. The maximum absolute atomic E-state index is 12.3. The van der Waals surface area contributed by atoms with Crippen LogP contribution in [0.4, 0.5) is 0 Å². The number of β-lactam (4-membered cyclic amide) rings is 1. The van der Waals surface area contributed by atoms with E-state index in [1.807, 2.05) is 22.6 Å². The zero-order valence-electron chi connectivity index (χ0n) is 13.4. The second-order valence-electron chi connectivity index (χ2n) is 6.60. The number of nitrogens with zero attached hydrogens (tertiary/aromatic N) is 4. The van der Waals surface area contributed by atoms with Gasteiger partial charge in [0.1, 0.15) is 18.8 Å². The van der Waals surface area contributed by atoms with Crippen LogP contribution in [0.5, 0.6) is 0 Å². The summed E-state index contributed by atoms with van der Waals surface area (Å²) < 4.78 is 2.00. The monoisotopic (exact) mass is 351 g/mol. The van der Waals surface area contributed by atoms with Crippen LogP contribution in [0, 0.1) is 11.8 Å².